The van der Waals surface area contributed by atoms with Crippen LogP contribution in [0.3, 0.4) is 0 Å². The van der Waals surface area contributed by atoms with Crippen LogP contribution in [0, 0.1) is 0 Å². The van der Waals surface area contributed by atoms with E-state index < -0.39 is 0 Å². The molecule has 200 valence electrons. The zero-order valence-corrected chi connectivity index (χ0v) is 23.4. The highest BCUT2D eigenvalue weighted by atomic mass is 16.5. The van der Waals surface area contributed by atoms with Crippen molar-refractivity contribution in [3.63, 3.8) is 0 Å². The number of carbonyl (C=O) groups is 1. The molecule has 6 heteroatoms. The van der Waals surface area contributed by atoms with Crippen LogP contribution in [0.15, 0.2) is 48.0 Å². The van der Waals surface area contributed by atoms with Gasteiger partial charge in [0.1, 0.15) is 0 Å². The fraction of sp³-hybridized carbons (Fsp3) is 0.500. The third kappa shape index (κ3) is 10.7. The summed E-state index contributed by atoms with van der Waals surface area (Å²) in [5.41, 5.74) is 2.77. The van der Waals surface area contributed by atoms with Gasteiger partial charge in [0.15, 0.2) is 11.5 Å². The third-order valence-corrected chi connectivity index (χ3v) is 5.46. The molecular weight excluding hydrogens is 452 g/mol. The second-order valence-electron chi connectivity index (χ2n) is 8.77. The molecule has 6 nitrogen and oxygen atoms in total. The molecule has 0 saturated carbocycles. The van der Waals surface area contributed by atoms with Gasteiger partial charge in [-0.25, -0.2) is 0 Å². The molecule has 0 fully saturated rings. The third-order valence-electron chi connectivity index (χ3n) is 5.46. The standard InChI is InChI=1S/C27H38N2O4.C3H8/c1-21(17-22-13-9-8-10-14-22)20-29(16-12-7-6-11-15-28-2)27(30)23-18-24(31-3)26(33-5)25(19-23)32-4;1-3-2/h8-10,13-14,17-19,28H,6-7,11-12,15-16,20H2,1-5H3;3H2,1-2H3/b21-17+;. The predicted molar refractivity (Wildman–Crippen MR) is 150 cm³/mol. The number of amides is 1. The fourth-order valence-electron chi connectivity index (χ4n) is 3.78. The van der Waals surface area contributed by atoms with E-state index in [0.717, 1.165) is 43.4 Å². The average Bonchev–Trinajstić information content (AvgIpc) is 2.89. The Bertz CT molecular complexity index is 887. The monoisotopic (exact) mass is 498 g/mol. The number of benzene rings is 2. The van der Waals surface area contributed by atoms with Gasteiger partial charge in [-0.05, 0) is 51.1 Å². The molecule has 1 N–H and O–H groups in total. The molecule has 0 aliphatic heterocycles. The van der Waals surface area contributed by atoms with Crippen LogP contribution in [-0.4, -0.2) is 58.8 Å². The molecule has 0 spiro atoms. The molecule has 0 aromatic heterocycles. The van der Waals surface area contributed by atoms with Crippen LogP contribution >= 0.6 is 0 Å². The van der Waals surface area contributed by atoms with Crippen molar-refractivity contribution in [2.24, 2.45) is 0 Å². The Kier molecular flexibility index (Phi) is 15.8. The van der Waals surface area contributed by atoms with Gasteiger partial charge in [-0.3, -0.25) is 4.79 Å². The highest BCUT2D eigenvalue weighted by molar-refractivity contribution is 5.96. The van der Waals surface area contributed by atoms with Crippen LogP contribution in [-0.2, 0) is 0 Å². The maximum Gasteiger partial charge on any atom is 0.254 e. The second kappa shape index (κ2) is 18.3. The molecule has 0 radical (unpaired) electrons. The average molecular weight is 499 g/mol. The lowest BCUT2D eigenvalue weighted by Gasteiger charge is -2.24. The van der Waals surface area contributed by atoms with E-state index in [9.17, 15) is 4.79 Å². The minimum Gasteiger partial charge on any atom is -0.493 e. The molecule has 2 aromatic carbocycles. The van der Waals surface area contributed by atoms with Gasteiger partial charge in [0.05, 0.1) is 21.3 Å². The van der Waals surface area contributed by atoms with Crippen LogP contribution in [0.2, 0.25) is 0 Å². The highest BCUT2D eigenvalue weighted by Crippen LogP contribution is 2.38. The lowest BCUT2D eigenvalue weighted by Crippen LogP contribution is -2.33. The van der Waals surface area contributed by atoms with Gasteiger partial charge in [0.2, 0.25) is 5.75 Å². The minimum atomic E-state index is -0.0507. The number of hydrogen-bond donors (Lipinski definition) is 1. The molecule has 36 heavy (non-hydrogen) atoms. The Morgan fingerprint density at radius 3 is 2.03 bits per heavy atom. The molecule has 0 unspecified atom stereocenters. The SMILES string of the molecule is CCC.CNCCCCCCN(C/C(C)=C/c1ccccc1)C(=O)c1cc(OC)c(OC)c(OC)c1. The summed E-state index contributed by atoms with van der Waals surface area (Å²) in [7, 11) is 6.64. The molecular formula is C30H46N2O4. The number of ether oxygens (including phenoxy) is 3. The fourth-order valence-corrected chi connectivity index (χ4v) is 3.78. The normalized spacial score (nSPS) is 10.8. The van der Waals surface area contributed by atoms with E-state index in [1.165, 1.54) is 6.42 Å². The Hall–Kier alpha value is -2.99. The zero-order valence-electron chi connectivity index (χ0n) is 23.4. The van der Waals surface area contributed by atoms with Gasteiger partial charge >= 0.3 is 0 Å². The lowest BCUT2D eigenvalue weighted by molar-refractivity contribution is 0.0766. The molecule has 1 amide bonds. The first-order chi connectivity index (χ1) is 17.4. The number of methoxy groups -OCH3 is 3. The van der Waals surface area contributed by atoms with Crippen LogP contribution in [0.1, 0.15) is 68.8 Å². The van der Waals surface area contributed by atoms with E-state index >= 15 is 0 Å². The summed E-state index contributed by atoms with van der Waals surface area (Å²) in [5, 5.41) is 3.18. The van der Waals surface area contributed by atoms with Crippen LogP contribution in [0.5, 0.6) is 17.2 Å². The quantitative estimate of drug-likeness (QED) is 0.303. The predicted octanol–water partition coefficient (Wildman–Crippen LogP) is 6.45. The van der Waals surface area contributed by atoms with Crippen molar-refractivity contribution in [3.8, 4) is 17.2 Å². The van der Waals surface area contributed by atoms with Gasteiger partial charge in [0, 0.05) is 18.7 Å². The first-order valence-corrected chi connectivity index (χ1v) is 12.9. The van der Waals surface area contributed by atoms with E-state index in [4.69, 9.17) is 14.2 Å². The zero-order chi connectivity index (χ0) is 26.8. The Morgan fingerprint density at radius 1 is 0.917 bits per heavy atom. The van der Waals surface area contributed by atoms with Crippen LogP contribution in [0.4, 0.5) is 0 Å². The summed E-state index contributed by atoms with van der Waals surface area (Å²) >= 11 is 0. The van der Waals surface area contributed by atoms with E-state index in [2.05, 4.69) is 44.3 Å². The molecule has 0 saturated heterocycles. The van der Waals surface area contributed by atoms with Gasteiger partial charge < -0.3 is 24.4 Å². The number of rotatable bonds is 14. The van der Waals surface area contributed by atoms with E-state index in [-0.39, 0.29) is 5.91 Å². The summed E-state index contributed by atoms with van der Waals surface area (Å²) in [6.45, 7) is 8.58. The summed E-state index contributed by atoms with van der Waals surface area (Å²) in [6, 6.07) is 13.6. The summed E-state index contributed by atoms with van der Waals surface area (Å²) < 4.78 is 16.3. The van der Waals surface area contributed by atoms with E-state index in [1.54, 1.807) is 33.5 Å². The Morgan fingerprint density at radius 2 is 1.50 bits per heavy atom. The molecule has 2 rings (SSSR count). The smallest absolute Gasteiger partial charge is 0.254 e. The summed E-state index contributed by atoms with van der Waals surface area (Å²) in [4.78, 5) is 15.5. The number of nitrogens with one attached hydrogen (secondary N) is 1. The van der Waals surface area contributed by atoms with Crippen molar-refractivity contribution in [2.45, 2.75) is 52.9 Å². The maximum absolute atomic E-state index is 13.6. The molecule has 0 aliphatic carbocycles. The first kappa shape index (κ1) is 31.0. The Balaban J connectivity index is 0.00000205. The van der Waals surface area contributed by atoms with Crippen molar-refractivity contribution in [3.05, 3.63) is 59.2 Å². The van der Waals surface area contributed by atoms with Crippen molar-refractivity contribution in [1.29, 1.82) is 0 Å². The van der Waals surface area contributed by atoms with Gasteiger partial charge in [-0.2, -0.15) is 0 Å². The Labute approximate surface area is 218 Å². The first-order valence-electron chi connectivity index (χ1n) is 12.9. The van der Waals surface area contributed by atoms with Gasteiger partial charge in [0.25, 0.3) is 5.91 Å². The molecule has 2 aromatic rings. The second-order valence-corrected chi connectivity index (χ2v) is 8.77. The summed E-state index contributed by atoms with van der Waals surface area (Å²) in [6.07, 6.45) is 7.71. The molecule has 0 heterocycles. The van der Waals surface area contributed by atoms with Gasteiger partial charge in [-0.1, -0.05) is 75.1 Å². The minimum absolute atomic E-state index is 0.0507. The number of nitrogens with zero attached hydrogens (tertiary/aromatic N) is 1. The van der Waals surface area contributed by atoms with E-state index in [1.807, 2.05) is 30.1 Å². The van der Waals surface area contributed by atoms with Crippen molar-refractivity contribution < 1.29 is 19.0 Å². The number of hydrogen-bond acceptors (Lipinski definition) is 5. The van der Waals surface area contributed by atoms with Crippen molar-refractivity contribution >= 4 is 12.0 Å². The summed E-state index contributed by atoms with van der Waals surface area (Å²) in [5.74, 6) is 1.38. The molecule has 0 aliphatic rings. The van der Waals surface area contributed by atoms with Crippen molar-refractivity contribution in [1.82, 2.24) is 10.2 Å². The number of unbranched alkanes of at least 4 members (excludes halogenated alkanes) is 3. The van der Waals surface area contributed by atoms with Gasteiger partial charge in [-0.15, -0.1) is 0 Å². The van der Waals surface area contributed by atoms with Crippen LogP contribution < -0.4 is 19.5 Å². The highest BCUT2D eigenvalue weighted by Gasteiger charge is 2.21. The molecule has 0 atom stereocenters. The topological polar surface area (TPSA) is 60.0 Å². The number of carbonyl (C=O) groups excluding carboxylic acids is 1. The van der Waals surface area contributed by atoms with Crippen LogP contribution in [0.25, 0.3) is 6.08 Å². The van der Waals surface area contributed by atoms with E-state index in [0.29, 0.717) is 35.9 Å². The lowest BCUT2D eigenvalue weighted by atomic mass is 10.1. The molecule has 0 bridgehead atoms. The maximum atomic E-state index is 13.6. The van der Waals surface area contributed by atoms with Crippen molar-refractivity contribution in [2.75, 3.05) is 48.0 Å². The largest absolute Gasteiger partial charge is 0.493 e.